The number of alkyl halides is 1. The van der Waals surface area contributed by atoms with Gasteiger partial charge in [0.2, 0.25) is 6.54 Å². The summed E-state index contributed by atoms with van der Waals surface area (Å²) < 4.78 is 13.8. The van der Waals surface area contributed by atoms with Crippen LogP contribution in [0.5, 0.6) is 0 Å². The smallest absolute Gasteiger partial charge is 0.258 e. The molecule has 0 radical (unpaired) electrons. The maximum Gasteiger partial charge on any atom is 0.637 e. The Bertz CT molecular complexity index is 556. The van der Waals surface area contributed by atoms with Gasteiger partial charge in [-0.2, -0.15) is 0 Å². The molecule has 0 N–H and O–H groups in total. The van der Waals surface area contributed by atoms with Crippen LogP contribution in [-0.4, -0.2) is 54.4 Å². The van der Waals surface area contributed by atoms with Gasteiger partial charge in [-0.05, 0) is 6.42 Å². The maximum atomic E-state index is 13.8. The molecule has 17 heteroatoms. The van der Waals surface area contributed by atoms with Crippen molar-refractivity contribution < 1.29 is 29.1 Å². The Kier molecular flexibility index (Phi) is 6.97. The Labute approximate surface area is 136 Å². The predicted molar refractivity (Wildman–Crippen MR) is 72.6 cm³/mol. The summed E-state index contributed by atoms with van der Waals surface area (Å²) in [5, 5.41) is 51.9. The van der Waals surface area contributed by atoms with Gasteiger partial charge in [-0.25, -0.2) is 10.1 Å². The highest BCUT2D eigenvalue weighted by atomic mass is 19.2. The number of rotatable bonds is 12. The van der Waals surface area contributed by atoms with E-state index in [0.717, 1.165) is 0 Å². The van der Waals surface area contributed by atoms with Crippen molar-refractivity contribution in [1.29, 1.82) is 0 Å². The first-order chi connectivity index (χ1) is 11.3. The van der Waals surface area contributed by atoms with Crippen LogP contribution in [0.15, 0.2) is 0 Å². The minimum Gasteiger partial charge on any atom is -0.258 e. The van der Waals surface area contributed by atoms with Gasteiger partial charge in [-0.3, -0.25) is 40.5 Å². The largest absolute Gasteiger partial charge is 0.637 e. The Morgan fingerprint density at radius 3 is 1.56 bits per heavy atom. The van der Waals surface area contributed by atoms with Gasteiger partial charge < -0.3 is 0 Å². The average Bonchev–Trinajstić information content (AvgIpc) is 2.48. The fourth-order valence-corrected chi connectivity index (χ4v) is 1.78. The van der Waals surface area contributed by atoms with E-state index >= 15 is 0 Å². The zero-order valence-corrected chi connectivity index (χ0v) is 12.7. The summed E-state index contributed by atoms with van der Waals surface area (Å²) in [5.74, 6) is -4.57. The Morgan fingerprint density at radius 1 is 0.840 bits per heavy atom. The van der Waals surface area contributed by atoms with Gasteiger partial charge in [0.15, 0.2) is 5.03 Å². The lowest BCUT2D eigenvalue weighted by atomic mass is 10.0. The van der Waals surface area contributed by atoms with E-state index in [1.165, 1.54) is 6.92 Å². The Morgan fingerprint density at radius 2 is 1.28 bits per heavy atom. The molecule has 0 amide bonds. The molecule has 0 saturated carbocycles. The summed E-state index contributed by atoms with van der Waals surface area (Å²) in [6.45, 7) is -2.34. The minimum atomic E-state index is -4.57. The Balaban J connectivity index is 5.90. The molecule has 0 aromatic rings. The Hall–Kier alpha value is -3.27. The van der Waals surface area contributed by atoms with Gasteiger partial charge in [0.1, 0.15) is 19.7 Å². The van der Waals surface area contributed by atoms with Crippen molar-refractivity contribution in [2.24, 2.45) is 0 Å². The minimum absolute atomic E-state index is 0.112. The third-order valence-electron chi connectivity index (χ3n) is 3.22. The normalized spacial score (nSPS) is 11.6. The van der Waals surface area contributed by atoms with E-state index in [4.69, 9.17) is 0 Å². The van der Waals surface area contributed by atoms with Crippen LogP contribution in [0.1, 0.15) is 26.2 Å². The molecule has 0 heterocycles. The molecule has 0 atom stereocenters. The molecule has 0 aliphatic carbocycles. The molecule has 0 aliphatic heterocycles. The van der Waals surface area contributed by atoms with E-state index in [9.17, 15) is 55.0 Å². The fraction of sp³-hybridized carbons (Fsp3) is 1.00. The summed E-state index contributed by atoms with van der Waals surface area (Å²) in [7, 11) is 0. The van der Waals surface area contributed by atoms with Crippen LogP contribution in [-0.2, 0) is 0 Å². The van der Waals surface area contributed by atoms with Gasteiger partial charge in [0.25, 0.3) is 6.54 Å². The molecule has 0 aromatic carbocycles. The highest BCUT2D eigenvalue weighted by molar-refractivity contribution is 4.72. The molecule has 25 heavy (non-hydrogen) atoms. The maximum absolute atomic E-state index is 13.8. The predicted octanol–water partition coefficient (Wildman–Crippen LogP) is 0.0967. The molecule has 0 aromatic heterocycles. The van der Waals surface area contributed by atoms with Crippen LogP contribution in [0.4, 0.5) is 4.39 Å². The van der Waals surface area contributed by atoms with Crippen LogP contribution < -0.4 is 0 Å². The van der Waals surface area contributed by atoms with Gasteiger partial charge in [-0.1, -0.05) is 22.7 Å². The zero-order valence-electron chi connectivity index (χ0n) is 12.7. The van der Waals surface area contributed by atoms with Crippen LogP contribution in [0.25, 0.3) is 0 Å². The molecule has 0 unspecified atom stereocenters. The third-order valence-corrected chi connectivity index (χ3v) is 3.22. The van der Waals surface area contributed by atoms with E-state index < -0.39 is 60.8 Å². The topological polar surface area (TPSA) is 219 Å². The van der Waals surface area contributed by atoms with Crippen molar-refractivity contribution in [2.75, 3.05) is 13.1 Å². The monoisotopic (exact) mass is 372 g/mol. The molecule has 16 nitrogen and oxygen atoms in total. The van der Waals surface area contributed by atoms with Gasteiger partial charge in [0, 0.05) is 0 Å². The molecule has 0 rings (SSSR count). The first-order valence-electron chi connectivity index (χ1n) is 6.51. The van der Waals surface area contributed by atoms with Gasteiger partial charge in [0.05, 0.1) is 6.42 Å². The van der Waals surface area contributed by atoms with Gasteiger partial charge >= 0.3 is 11.6 Å². The van der Waals surface area contributed by atoms with Crippen LogP contribution >= 0.6 is 0 Å². The lowest BCUT2D eigenvalue weighted by Gasteiger charge is -2.21. The summed E-state index contributed by atoms with van der Waals surface area (Å²) >= 11 is 0. The molecule has 0 spiro atoms. The summed E-state index contributed by atoms with van der Waals surface area (Å²) in [6, 6.07) is 0. The molecule has 0 saturated heterocycles. The third kappa shape index (κ3) is 4.61. The molecule has 0 aliphatic rings. The number of nitrogens with zero attached hydrogens (tertiary/aromatic N) is 6. The summed E-state index contributed by atoms with van der Waals surface area (Å²) in [5.41, 5.74) is -3.18. The zero-order chi connectivity index (χ0) is 20.0. The van der Waals surface area contributed by atoms with Crippen molar-refractivity contribution in [3.63, 3.8) is 0 Å². The summed E-state index contributed by atoms with van der Waals surface area (Å²) in [6.07, 6.45) is -0.679. The number of nitro groups is 5. The molecule has 0 fully saturated rings. The van der Waals surface area contributed by atoms with Crippen LogP contribution in [0.2, 0.25) is 0 Å². The second kappa shape index (κ2) is 8.02. The fourth-order valence-electron chi connectivity index (χ4n) is 1.78. The number of hydrazine groups is 1. The lowest BCUT2D eigenvalue weighted by molar-refractivity contribution is -0.847. The first-order valence-corrected chi connectivity index (χ1v) is 6.51. The quantitative estimate of drug-likeness (QED) is 0.193. The van der Waals surface area contributed by atoms with Crippen molar-refractivity contribution in [3.05, 3.63) is 50.6 Å². The van der Waals surface area contributed by atoms with E-state index in [0.29, 0.717) is 0 Å². The molecule has 142 valence electrons. The van der Waals surface area contributed by atoms with Crippen LogP contribution in [0, 0.1) is 50.6 Å². The van der Waals surface area contributed by atoms with Gasteiger partial charge in [-0.15, -0.1) is 0 Å². The van der Waals surface area contributed by atoms with E-state index in [2.05, 4.69) is 0 Å². The van der Waals surface area contributed by atoms with E-state index in [1.807, 2.05) is 0 Å². The summed E-state index contributed by atoms with van der Waals surface area (Å²) in [4.78, 5) is 47.1. The molecular weight excluding hydrogens is 359 g/mol. The second-order valence-electron chi connectivity index (χ2n) is 4.89. The average molecular weight is 372 g/mol. The first kappa shape index (κ1) is 21.7. The second-order valence-corrected chi connectivity index (χ2v) is 4.89. The highest BCUT2D eigenvalue weighted by Gasteiger charge is 2.66. The van der Waals surface area contributed by atoms with Crippen molar-refractivity contribution in [3.8, 4) is 0 Å². The number of hydrogen-bond donors (Lipinski definition) is 0. The van der Waals surface area contributed by atoms with E-state index in [-0.39, 0.29) is 12.8 Å². The number of unbranched alkanes of at least 4 members (excludes halogenated alkanes) is 1. The number of halogens is 1. The highest BCUT2D eigenvalue weighted by Crippen LogP contribution is 2.24. The molecular formula is C8H13FN6O10. The molecule has 0 bridgehead atoms. The van der Waals surface area contributed by atoms with E-state index in [1.54, 1.807) is 0 Å². The lowest BCUT2D eigenvalue weighted by Crippen LogP contribution is -2.60. The standard InChI is InChI=1S/C8H13FN6O10/c1-2-3-4-7(11(16)17,12(18)19)5-10(15(24)25)6-8(9,13(20)21)14(22)23/h2-6H2,1H3. The van der Waals surface area contributed by atoms with Crippen molar-refractivity contribution in [2.45, 2.75) is 37.8 Å². The van der Waals surface area contributed by atoms with Crippen molar-refractivity contribution in [1.82, 2.24) is 5.01 Å². The SMILES string of the molecule is CCCCC(CN(CC(F)([N+](=O)[O-])[N+](=O)[O-])[N+](=O)[O-])([N+](=O)[O-])[N+](=O)[O-]. The van der Waals surface area contributed by atoms with Crippen molar-refractivity contribution >= 4 is 0 Å². The number of hydrogen-bond acceptors (Lipinski definition) is 10. The van der Waals surface area contributed by atoms with Crippen LogP contribution in [0.3, 0.4) is 0 Å².